The number of hydrogen-bond acceptors (Lipinski definition) is 12. The van der Waals surface area contributed by atoms with Gasteiger partial charge in [0.1, 0.15) is 15.4 Å². The van der Waals surface area contributed by atoms with Crippen molar-refractivity contribution in [3.63, 3.8) is 0 Å². The van der Waals surface area contributed by atoms with Gasteiger partial charge < -0.3 is 67.3 Å². The first-order valence-electron chi connectivity index (χ1n) is 18.7. The Bertz CT molecular complexity index is 3490. The lowest BCUT2D eigenvalue weighted by molar-refractivity contribution is 0.0678. The summed E-state index contributed by atoms with van der Waals surface area (Å²) in [5, 5.41) is 73.2. The SMILES string of the molecule is Cc1[nH]c2cc(C(=O)O)cc(C(=O)O)c2c1C.Cc1c(C(=O)O)sc(N)c1C(=O)O.Nc1cc2[nH]cc(C(=O)O)c(=O)c2cc1C(=O)O.O=C(O)c1cc(C(=O)O)c2c(c1)[nH]c1ccccc12. The van der Waals surface area contributed by atoms with Crippen LogP contribution in [0.5, 0.6) is 0 Å². The largest absolute Gasteiger partial charge is 0.478 e. The van der Waals surface area contributed by atoms with Gasteiger partial charge in [-0.2, -0.15) is 0 Å². The highest BCUT2D eigenvalue weighted by Crippen LogP contribution is 2.32. The number of aromatic nitrogens is 3. The first kappa shape index (κ1) is 48.5. The molecule has 0 aliphatic heterocycles. The molecule has 0 bridgehead atoms. The minimum atomic E-state index is -1.38. The summed E-state index contributed by atoms with van der Waals surface area (Å²) in [7, 11) is 0. The van der Waals surface area contributed by atoms with Gasteiger partial charge in [0.2, 0.25) is 5.43 Å². The van der Waals surface area contributed by atoms with Gasteiger partial charge in [-0.3, -0.25) is 4.79 Å². The summed E-state index contributed by atoms with van der Waals surface area (Å²) >= 11 is 0.775. The predicted octanol–water partition coefficient (Wildman–Crippen LogP) is 6.44. The number of anilines is 2. The van der Waals surface area contributed by atoms with Crippen LogP contribution in [0.3, 0.4) is 0 Å². The Hall–Kier alpha value is -9.51. The van der Waals surface area contributed by atoms with Crippen LogP contribution in [0.25, 0.3) is 43.6 Å². The van der Waals surface area contributed by atoms with Crippen molar-refractivity contribution in [1.82, 2.24) is 15.0 Å². The van der Waals surface area contributed by atoms with Crippen LogP contribution in [0.4, 0.5) is 10.7 Å². The Labute approximate surface area is 376 Å². The fourth-order valence-corrected chi connectivity index (χ4v) is 7.74. The Morgan fingerprint density at radius 3 is 1.51 bits per heavy atom. The number of thiophene rings is 1. The summed E-state index contributed by atoms with van der Waals surface area (Å²) in [4.78, 5) is 108. The molecule has 344 valence electrons. The van der Waals surface area contributed by atoms with Gasteiger partial charge in [-0.25, -0.2) is 38.4 Å². The summed E-state index contributed by atoms with van der Waals surface area (Å²) in [5.41, 5.74) is 13.2. The van der Waals surface area contributed by atoms with Gasteiger partial charge in [-0.05, 0) is 74.4 Å². The Balaban J connectivity index is 0.000000169. The van der Waals surface area contributed by atoms with Gasteiger partial charge in [0, 0.05) is 55.7 Å². The van der Waals surface area contributed by atoms with E-state index in [0.29, 0.717) is 21.8 Å². The lowest BCUT2D eigenvalue weighted by Gasteiger charge is -2.04. The molecule has 22 nitrogen and oxygen atoms in total. The third kappa shape index (κ3) is 9.85. The van der Waals surface area contributed by atoms with Gasteiger partial charge >= 0.3 is 47.8 Å². The lowest BCUT2D eigenvalue weighted by atomic mass is 10.0. The molecule has 8 aromatic rings. The number of aromatic carboxylic acids is 8. The van der Waals surface area contributed by atoms with Crippen LogP contribution in [0.2, 0.25) is 0 Å². The molecule has 0 atom stereocenters. The van der Waals surface area contributed by atoms with Crippen molar-refractivity contribution in [3.05, 3.63) is 138 Å². The van der Waals surface area contributed by atoms with E-state index in [1.807, 2.05) is 25.1 Å². The van der Waals surface area contributed by atoms with E-state index in [9.17, 15) is 48.3 Å². The molecular weight excluding hydrogens is 903 g/mol. The van der Waals surface area contributed by atoms with Crippen LogP contribution in [0.15, 0.2) is 71.7 Å². The molecule has 0 saturated carbocycles. The van der Waals surface area contributed by atoms with Crippen LogP contribution in [-0.2, 0) is 0 Å². The third-order valence-corrected chi connectivity index (χ3v) is 11.2. The maximum absolute atomic E-state index is 11.8. The zero-order valence-electron chi connectivity index (χ0n) is 34.7. The number of aryl methyl sites for hydroxylation is 2. The molecule has 15 N–H and O–H groups in total. The van der Waals surface area contributed by atoms with Crippen molar-refractivity contribution >= 4 is 113 Å². The molecule has 0 amide bonds. The molecule has 0 aliphatic carbocycles. The second-order valence-corrected chi connectivity index (χ2v) is 15.2. The topological polar surface area (TPSA) is 415 Å². The predicted molar refractivity (Wildman–Crippen MR) is 242 cm³/mol. The number of fused-ring (bicyclic) bond motifs is 5. The molecule has 4 aromatic heterocycles. The first-order valence-corrected chi connectivity index (χ1v) is 19.5. The average Bonchev–Trinajstić information content (AvgIpc) is 3.88. The minimum Gasteiger partial charge on any atom is -0.478 e. The highest BCUT2D eigenvalue weighted by molar-refractivity contribution is 7.18. The van der Waals surface area contributed by atoms with E-state index in [0.717, 1.165) is 45.8 Å². The van der Waals surface area contributed by atoms with Crippen LogP contribution in [0, 0.1) is 20.8 Å². The van der Waals surface area contributed by atoms with Crippen LogP contribution in [-0.4, -0.2) is 104 Å². The van der Waals surface area contributed by atoms with Crippen molar-refractivity contribution in [2.75, 3.05) is 11.5 Å². The van der Waals surface area contributed by atoms with Gasteiger partial charge in [0.15, 0.2) is 0 Å². The van der Waals surface area contributed by atoms with E-state index in [1.54, 1.807) is 13.0 Å². The van der Waals surface area contributed by atoms with Crippen LogP contribution < -0.4 is 16.9 Å². The van der Waals surface area contributed by atoms with E-state index in [1.165, 1.54) is 37.3 Å². The minimum absolute atomic E-state index is 0.00581. The number of H-pyrrole nitrogens is 3. The molecule has 0 aliphatic rings. The quantitative estimate of drug-likeness (QED) is 0.0728. The summed E-state index contributed by atoms with van der Waals surface area (Å²) in [6.45, 7) is 5.06. The molecule has 8 rings (SSSR count). The Kier molecular flexibility index (Phi) is 13.8. The number of carbonyl (C=O) groups is 8. The van der Waals surface area contributed by atoms with Crippen LogP contribution >= 0.6 is 11.3 Å². The Morgan fingerprint density at radius 2 is 1.03 bits per heavy atom. The molecule has 0 unspecified atom stereocenters. The highest BCUT2D eigenvalue weighted by Gasteiger charge is 2.23. The maximum Gasteiger partial charge on any atom is 0.346 e. The number of carboxylic acids is 8. The second kappa shape index (κ2) is 19.1. The van der Waals surface area contributed by atoms with Crippen LogP contribution in [0.1, 0.15) is 99.0 Å². The number of rotatable bonds is 8. The standard InChI is InChI=1S/C14H9NO4.C12H11NO4.C11H8N2O5.C7H7NO4S/c16-13(17)7-5-9(14(18)19)12-8-3-1-2-4-10(8)15-11(12)6-7;1-5-6(2)13-9-4-7(11(14)15)3-8(10(5)9)12(16)17;12-7-2-8-5(1-4(7)10(15)16)9(14)6(3-13-8)11(17)18;1-2-3(6(9)10)5(8)13-4(2)7(11)12/h1-6,15H,(H,16,17)(H,18,19);3-4,13H,1-2H3,(H,14,15)(H,16,17);1-3H,12H2,(H,13,14)(H,15,16)(H,17,18);8H2,1H3,(H,9,10)(H,11,12). The number of para-hydroxylation sites is 1. The highest BCUT2D eigenvalue weighted by atomic mass is 32.1. The van der Waals surface area contributed by atoms with Gasteiger partial charge in [0.25, 0.3) is 0 Å². The third-order valence-electron chi connectivity index (χ3n) is 10.1. The zero-order valence-corrected chi connectivity index (χ0v) is 35.5. The van der Waals surface area contributed by atoms with E-state index >= 15 is 0 Å². The summed E-state index contributed by atoms with van der Waals surface area (Å²) in [5.74, 6) is -9.57. The lowest BCUT2D eigenvalue weighted by Crippen LogP contribution is -2.16. The molecular formula is C44H35N5O17S. The fraction of sp³-hybridized carbons (Fsp3) is 0.0682. The zero-order chi connectivity index (χ0) is 49.9. The van der Waals surface area contributed by atoms with E-state index in [2.05, 4.69) is 15.0 Å². The molecule has 0 saturated heterocycles. The number of nitrogens with one attached hydrogen (secondary N) is 3. The molecule has 0 radical (unpaired) electrons. The second-order valence-electron chi connectivity index (χ2n) is 14.2. The number of hydrogen-bond donors (Lipinski definition) is 13. The molecule has 23 heteroatoms. The number of carboxylic acid groups (broad SMARTS) is 8. The van der Waals surface area contributed by atoms with Gasteiger partial charge in [0.05, 0.1) is 38.9 Å². The van der Waals surface area contributed by atoms with Gasteiger partial charge in [-0.15, -0.1) is 11.3 Å². The maximum atomic E-state index is 11.8. The van der Waals surface area contributed by atoms with Crippen molar-refractivity contribution in [2.24, 2.45) is 0 Å². The number of aromatic amines is 3. The molecule has 0 fully saturated rings. The summed E-state index contributed by atoms with van der Waals surface area (Å²) in [6, 6.07) is 14.9. The average molecular weight is 938 g/mol. The smallest absolute Gasteiger partial charge is 0.346 e. The molecule has 67 heavy (non-hydrogen) atoms. The number of nitrogens with two attached hydrogens (primary N) is 2. The van der Waals surface area contributed by atoms with Gasteiger partial charge in [-0.1, -0.05) is 18.2 Å². The fourth-order valence-electron chi connectivity index (χ4n) is 6.83. The van der Waals surface area contributed by atoms with E-state index < -0.39 is 58.7 Å². The molecule has 4 heterocycles. The van der Waals surface area contributed by atoms with Crippen molar-refractivity contribution in [1.29, 1.82) is 0 Å². The first-order chi connectivity index (χ1) is 31.3. The molecule has 4 aromatic carbocycles. The number of nitrogen functional groups attached to an aromatic ring is 2. The number of pyridine rings is 1. The van der Waals surface area contributed by atoms with Crippen molar-refractivity contribution in [3.8, 4) is 0 Å². The van der Waals surface area contributed by atoms with Crippen molar-refractivity contribution in [2.45, 2.75) is 20.8 Å². The molecule has 0 spiro atoms. The monoisotopic (exact) mass is 937 g/mol. The van der Waals surface area contributed by atoms with Crippen molar-refractivity contribution < 1.29 is 79.2 Å². The normalized spacial score (nSPS) is 10.6. The summed E-state index contributed by atoms with van der Waals surface area (Å²) < 4.78 is 0. The Morgan fingerprint density at radius 1 is 0.507 bits per heavy atom. The van der Waals surface area contributed by atoms with E-state index in [4.69, 9.17) is 47.2 Å². The number of benzene rings is 4. The summed E-state index contributed by atoms with van der Waals surface area (Å²) in [6.07, 6.45) is 1.05. The van der Waals surface area contributed by atoms with E-state index in [-0.39, 0.29) is 65.4 Å².